The van der Waals surface area contributed by atoms with Crippen molar-refractivity contribution in [2.24, 2.45) is 0 Å². The lowest BCUT2D eigenvalue weighted by molar-refractivity contribution is -0.0528. The Hall–Kier alpha value is -2.48. The third-order valence-electron chi connectivity index (χ3n) is 2.42. The lowest BCUT2D eigenvalue weighted by atomic mass is 10.2. The van der Waals surface area contributed by atoms with Gasteiger partial charge < -0.3 is 15.4 Å². The van der Waals surface area contributed by atoms with Gasteiger partial charge in [-0.05, 0) is 17.7 Å². The van der Waals surface area contributed by atoms with Crippen molar-refractivity contribution in [3.05, 3.63) is 47.4 Å². The SMILES string of the molecule is O=C(NCc1ccnc(OC(F)F)c1)Nc1cncc(Cl)c1. The molecule has 2 aromatic heterocycles. The Labute approximate surface area is 129 Å². The molecule has 0 spiro atoms. The van der Waals surface area contributed by atoms with E-state index in [2.05, 4.69) is 25.3 Å². The van der Waals surface area contributed by atoms with Gasteiger partial charge in [-0.15, -0.1) is 0 Å². The smallest absolute Gasteiger partial charge is 0.388 e. The average molecular weight is 329 g/mol. The summed E-state index contributed by atoms with van der Waals surface area (Å²) in [6.07, 6.45) is 4.19. The molecule has 0 aromatic carbocycles. The van der Waals surface area contributed by atoms with Crippen molar-refractivity contribution in [1.29, 1.82) is 0 Å². The summed E-state index contributed by atoms with van der Waals surface area (Å²) in [6, 6.07) is 3.93. The van der Waals surface area contributed by atoms with Gasteiger partial charge >= 0.3 is 12.6 Å². The zero-order valence-corrected chi connectivity index (χ0v) is 11.8. The number of ether oxygens (including phenoxy) is 1. The van der Waals surface area contributed by atoms with Gasteiger partial charge in [-0.1, -0.05) is 11.6 Å². The molecule has 0 aliphatic rings. The van der Waals surface area contributed by atoms with Gasteiger partial charge in [-0.3, -0.25) is 4.98 Å². The van der Waals surface area contributed by atoms with Crippen molar-refractivity contribution < 1.29 is 18.3 Å². The minimum absolute atomic E-state index is 0.113. The van der Waals surface area contributed by atoms with Gasteiger partial charge in [-0.2, -0.15) is 8.78 Å². The second-order valence-corrected chi connectivity index (χ2v) is 4.52. The molecule has 0 radical (unpaired) electrons. The Balaban J connectivity index is 1.88. The van der Waals surface area contributed by atoms with Crippen molar-refractivity contribution in [3.63, 3.8) is 0 Å². The maximum Gasteiger partial charge on any atom is 0.388 e. The number of carbonyl (C=O) groups is 1. The molecule has 2 N–H and O–H groups in total. The van der Waals surface area contributed by atoms with Crippen molar-refractivity contribution in [2.45, 2.75) is 13.2 Å². The van der Waals surface area contributed by atoms with Crippen LogP contribution in [0.1, 0.15) is 5.56 Å². The number of alkyl halides is 2. The van der Waals surface area contributed by atoms with Gasteiger partial charge in [-0.25, -0.2) is 9.78 Å². The Morgan fingerprint density at radius 2 is 2.18 bits per heavy atom. The van der Waals surface area contributed by atoms with E-state index in [0.717, 1.165) is 0 Å². The normalized spacial score (nSPS) is 10.4. The van der Waals surface area contributed by atoms with Gasteiger partial charge in [0.15, 0.2) is 0 Å². The number of pyridine rings is 2. The first-order chi connectivity index (χ1) is 10.5. The first-order valence-corrected chi connectivity index (χ1v) is 6.46. The first kappa shape index (κ1) is 15.9. The number of nitrogens with one attached hydrogen (secondary N) is 2. The van der Waals surface area contributed by atoms with Crippen LogP contribution in [0.3, 0.4) is 0 Å². The van der Waals surface area contributed by atoms with E-state index in [0.29, 0.717) is 16.3 Å². The molecule has 6 nitrogen and oxygen atoms in total. The van der Waals surface area contributed by atoms with Crippen LogP contribution in [-0.4, -0.2) is 22.6 Å². The molecule has 2 aromatic rings. The van der Waals surface area contributed by atoms with Gasteiger partial charge in [0.25, 0.3) is 0 Å². The van der Waals surface area contributed by atoms with E-state index >= 15 is 0 Å². The number of hydrogen-bond donors (Lipinski definition) is 2. The number of carbonyl (C=O) groups excluding carboxylic acids is 1. The van der Waals surface area contributed by atoms with Crippen LogP contribution >= 0.6 is 11.6 Å². The molecule has 2 heterocycles. The van der Waals surface area contributed by atoms with Crippen LogP contribution < -0.4 is 15.4 Å². The number of hydrogen-bond acceptors (Lipinski definition) is 4. The topological polar surface area (TPSA) is 76.1 Å². The number of halogens is 3. The van der Waals surface area contributed by atoms with Crippen molar-refractivity contribution in [1.82, 2.24) is 15.3 Å². The Morgan fingerprint density at radius 1 is 1.36 bits per heavy atom. The summed E-state index contributed by atoms with van der Waals surface area (Å²) in [4.78, 5) is 19.2. The molecule has 0 unspecified atom stereocenters. The second kappa shape index (κ2) is 7.51. The summed E-state index contributed by atoms with van der Waals surface area (Å²) in [5.74, 6) is -0.214. The Morgan fingerprint density at radius 3 is 2.91 bits per heavy atom. The molecule has 0 aliphatic heterocycles. The fourth-order valence-electron chi connectivity index (χ4n) is 1.55. The summed E-state index contributed by atoms with van der Waals surface area (Å²) < 4.78 is 28.3. The van der Waals surface area contributed by atoms with Crippen LogP contribution in [0.4, 0.5) is 19.3 Å². The van der Waals surface area contributed by atoms with Gasteiger partial charge in [0.05, 0.1) is 16.9 Å². The zero-order chi connectivity index (χ0) is 15.9. The van der Waals surface area contributed by atoms with Gasteiger partial charge in [0.1, 0.15) is 0 Å². The lowest BCUT2D eigenvalue weighted by Gasteiger charge is -2.09. The molecule has 116 valence electrons. The highest BCUT2D eigenvalue weighted by atomic mass is 35.5. The molecule has 0 saturated heterocycles. The lowest BCUT2D eigenvalue weighted by Crippen LogP contribution is -2.28. The van der Waals surface area contributed by atoms with E-state index in [9.17, 15) is 13.6 Å². The molecule has 0 fully saturated rings. The van der Waals surface area contributed by atoms with Crippen LogP contribution in [0.5, 0.6) is 5.88 Å². The molecule has 0 bridgehead atoms. The first-order valence-electron chi connectivity index (χ1n) is 6.08. The number of aromatic nitrogens is 2. The third-order valence-corrected chi connectivity index (χ3v) is 2.63. The monoisotopic (exact) mass is 328 g/mol. The van der Waals surface area contributed by atoms with E-state index in [-0.39, 0.29) is 12.4 Å². The molecular formula is C13H11ClF2N4O2. The maximum absolute atomic E-state index is 12.1. The van der Waals surface area contributed by atoms with E-state index in [4.69, 9.17) is 11.6 Å². The molecule has 9 heteroatoms. The van der Waals surface area contributed by atoms with E-state index in [1.54, 1.807) is 6.07 Å². The van der Waals surface area contributed by atoms with Crippen LogP contribution in [-0.2, 0) is 6.54 Å². The zero-order valence-electron chi connectivity index (χ0n) is 11.1. The molecule has 0 aliphatic carbocycles. The predicted molar refractivity (Wildman–Crippen MR) is 76.0 cm³/mol. The molecular weight excluding hydrogens is 318 g/mol. The fraction of sp³-hybridized carbons (Fsp3) is 0.154. The van der Waals surface area contributed by atoms with Crippen molar-refractivity contribution in [3.8, 4) is 5.88 Å². The highest BCUT2D eigenvalue weighted by Crippen LogP contribution is 2.13. The van der Waals surface area contributed by atoms with Crippen LogP contribution in [0.15, 0.2) is 36.8 Å². The summed E-state index contributed by atoms with van der Waals surface area (Å²) in [5, 5.41) is 5.48. The van der Waals surface area contributed by atoms with Crippen LogP contribution in [0, 0.1) is 0 Å². The van der Waals surface area contributed by atoms with E-state index < -0.39 is 12.6 Å². The minimum atomic E-state index is -2.95. The second-order valence-electron chi connectivity index (χ2n) is 4.08. The van der Waals surface area contributed by atoms with Gasteiger partial charge in [0.2, 0.25) is 5.88 Å². The summed E-state index contributed by atoms with van der Waals surface area (Å²) in [5.41, 5.74) is 0.992. The van der Waals surface area contributed by atoms with Crippen molar-refractivity contribution >= 4 is 23.3 Å². The highest BCUT2D eigenvalue weighted by molar-refractivity contribution is 6.30. The largest absolute Gasteiger partial charge is 0.417 e. The number of amides is 2. The maximum atomic E-state index is 12.1. The average Bonchev–Trinajstić information content (AvgIpc) is 2.45. The number of rotatable bonds is 5. The predicted octanol–water partition coefficient (Wildman–Crippen LogP) is 3.05. The molecule has 0 saturated carbocycles. The van der Waals surface area contributed by atoms with Gasteiger partial charge in [0, 0.05) is 25.0 Å². The number of anilines is 1. The quantitative estimate of drug-likeness (QED) is 0.884. The van der Waals surface area contributed by atoms with Crippen molar-refractivity contribution in [2.75, 3.05) is 5.32 Å². The Bertz CT molecular complexity index is 657. The number of urea groups is 1. The van der Waals surface area contributed by atoms with Crippen LogP contribution in [0.25, 0.3) is 0 Å². The van der Waals surface area contributed by atoms with E-state index in [1.165, 1.54) is 30.7 Å². The Kier molecular flexibility index (Phi) is 5.42. The minimum Gasteiger partial charge on any atom is -0.417 e. The molecule has 0 atom stereocenters. The fourth-order valence-corrected chi connectivity index (χ4v) is 1.73. The molecule has 22 heavy (non-hydrogen) atoms. The van der Waals surface area contributed by atoms with Crippen LogP contribution in [0.2, 0.25) is 5.02 Å². The third kappa shape index (κ3) is 5.13. The summed E-state index contributed by atoms with van der Waals surface area (Å²) >= 11 is 5.74. The number of nitrogens with zero attached hydrogens (tertiary/aromatic N) is 2. The summed E-state index contributed by atoms with van der Waals surface area (Å²) in [7, 11) is 0. The highest BCUT2D eigenvalue weighted by Gasteiger charge is 2.07. The van der Waals surface area contributed by atoms with E-state index in [1.807, 2.05) is 0 Å². The summed E-state index contributed by atoms with van der Waals surface area (Å²) in [6.45, 7) is -2.84. The molecule has 2 amide bonds. The standard InChI is InChI=1S/C13H11ClF2N4O2/c14-9-4-10(7-17-6-9)20-13(21)19-5-8-1-2-18-11(3-8)22-12(15)16/h1-4,6-7,12H,5H2,(H2,19,20,21). The molecule has 2 rings (SSSR count).